The molecule has 6 heteroatoms. The minimum absolute atomic E-state index is 0.0536. The normalized spacial score (nSPS) is 10.7. The average Bonchev–Trinajstić information content (AvgIpc) is 3.22. The fraction of sp³-hybridized carbons (Fsp3) is 0.261. The van der Waals surface area contributed by atoms with Gasteiger partial charge in [-0.15, -0.1) is 0 Å². The molecule has 150 valence electrons. The molecule has 3 aromatic rings. The number of carbonyl (C=O) groups excluding carboxylic acids is 2. The van der Waals surface area contributed by atoms with Crippen molar-refractivity contribution in [2.45, 2.75) is 25.7 Å². The van der Waals surface area contributed by atoms with Crippen LogP contribution < -0.4 is 5.73 Å². The van der Waals surface area contributed by atoms with Crippen molar-refractivity contribution < 1.29 is 9.59 Å². The van der Waals surface area contributed by atoms with Crippen molar-refractivity contribution in [3.05, 3.63) is 77.5 Å². The molecule has 0 aliphatic rings. The zero-order chi connectivity index (χ0) is 20.6. The van der Waals surface area contributed by atoms with Gasteiger partial charge in [0.2, 0.25) is 5.91 Å². The van der Waals surface area contributed by atoms with Crippen LogP contribution in [0.3, 0.4) is 0 Å². The van der Waals surface area contributed by atoms with Gasteiger partial charge >= 0.3 is 0 Å². The van der Waals surface area contributed by atoms with Crippen molar-refractivity contribution in [3.8, 4) is 11.3 Å². The Kier molecular flexibility index (Phi) is 6.79. The Morgan fingerprint density at radius 1 is 0.966 bits per heavy atom. The van der Waals surface area contributed by atoms with Gasteiger partial charge in [-0.1, -0.05) is 36.8 Å². The highest BCUT2D eigenvalue weighted by molar-refractivity contribution is 5.97. The maximum absolute atomic E-state index is 12.4. The van der Waals surface area contributed by atoms with Gasteiger partial charge in [0.05, 0.1) is 5.69 Å². The van der Waals surface area contributed by atoms with Crippen LogP contribution in [0.15, 0.2) is 60.7 Å². The van der Waals surface area contributed by atoms with Crippen LogP contribution >= 0.6 is 0 Å². The summed E-state index contributed by atoms with van der Waals surface area (Å²) in [5.74, 6) is -0.549. The predicted octanol–water partition coefficient (Wildman–Crippen LogP) is 3.66. The van der Waals surface area contributed by atoms with Crippen LogP contribution in [-0.4, -0.2) is 40.5 Å². The second-order valence-corrected chi connectivity index (χ2v) is 7.12. The van der Waals surface area contributed by atoms with Crippen molar-refractivity contribution in [1.29, 1.82) is 0 Å². The predicted molar refractivity (Wildman–Crippen MR) is 113 cm³/mol. The van der Waals surface area contributed by atoms with E-state index >= 15 is 0 Å². The zero-order valence-electron chi connectivity index (χ0n) is 16.6. The summed E-state index contributed by atoms with van der Waals surface area (Å²) in [6.45, 7) is 0.689. The fourth-order valence-corrected chi connectivity index (χ4v) is 3.19. The van der Waals surface area contributed by atoms with E-state index in [-0.39, 0.29) is 5.91 Å². The minimum atomic E-state index is -0.495. The Morgan fingerprint density at radius 3 is 2.34 bits per heavy atom. The van der Waals surface area contributed by atoms with Gasteiger partial charge in [0.25, 0.3) is 5.91 Å². The number of primary amides is 1. The SMILES string of the molecule is CN(CCCCCc1cc(-c2ccccc2)n[nH]1)C(=O)c1ccc(C(N)=O)cc1. The van der Waals surface area contributed by atoms with Gasteiger partial charge in [0, 0.05) is 36.0 Å². The molecule has 0 spiro atoms. The first-order valence-corrected chi connectivity index (χ1v) is 9.79. The van der Waals surface area contributed by atoms with E-state index < -0.39 is 5.91 Å². The number of aryl methyl sites for hydroxylation is 1. The van der Waals surface area contributed by atoms with Gasteiger partial charge in [-0.3, -0.25) is 14.7 Å². The van der Waals surface area contributed by atoms with Crippen LogP contribution in [0.25, 0.3) is 11.3 Å². The molecule has 0 atom stereocenters. The molecular formula is C23H26N4O2. The molecule has 2 aromatic carbocycles. The molecule has 29 heavy (non-hydrogen) atoms. The van der Waals surface area contributed by atoms with Crippen LogP contribution in [-0.2, 0) is 6.42 Å². The minimum Gasteiger partial charge on any atom is -0.366 e. The molecular weight excluding hydrogens is 364 g/mol. The number of aromatic nitrogens is 2. The van der Waals surface area contributed by atoms with E-state index in [1.54, 1.807) is 36.2 Å². The van der Waals surface area contributed by atoms with Gasteiger partial charge in [-0.05, 0) is 49.6 Å². The van der Waals surface area contributed by atoms with E-state index in [2.05, 4.69) is 16.3 Å². The third-order valence-corrected chi connectivity index (χ3v) is 4.90. The van der Waals surface area contributed by atoms with E-state index in [0.717, 1.165) is 42.6 Å². The van der Waals surface area contributed by atoms with Crippen LogP contribution in [0, 0.1) is 0 Å². The summed E-state index contributed by atoms with van der Waals surface area (Å²) in [5, 5.41) is 7.49. The van der Waals surface area contributed by atoms with Crippen molar-refractivity contribution in [1.82, 2.24) is 15.1 Å². The van der Waals surface area contributed by atoms with Gasteiger partial charge < -0.3 is 10.6 Å². The number of H-pyrrole nitrogens is 1. The molecule has 1 aromatic heterocycles. The molecule has 2 amide bonds. The molecule has 0 aliphatic heterocycles. The van der Waals surface area contributed by atoms with Crippen molar-refractivity contribution in [3.63, 3.8) is 0 Å². The number of nitrogens with two attached hydrogens (primary N) is 1. The Bertz CT molecular complexity index is 949. The molecule has 1 heterocycles. The second-order valence-electron chi connectivity index (χ2n) is 7.12. The highest BCUT2D eigenvalue weighted by Crippen LogP contribution is 2.18. The number of hydrogen-bond donors (Lipinski definition) is 2. The molecule has 0 saturated carbocycles. The molecule has 3 N–H and O–H groups in total. The molecule has 6 nitrogen and oxygen atoms in total. The average molecular weight is 390 g/mol. The van der Waals surface area contributed by atoms with Crippen LogP contribution in [0.2, 0.25) is 0 Å². The summed E-state index contributed by atoms with van der Waals surface area (Å²) in [6.07, 6.45) is 3.93. The molecule has 0 bridgehead atoms. The lowest BCUT2D eigenvalue weighted by Gasteiger charge is -2.17. The Morgan fingerprint density at radius 2 is 1.66 bits per heavy atom. The number of unbranched alkanes of at least 4 members (excludes halogenated alkanes) is 2. The van der Waals surface area contributed by atoms with E-state index in [1.807, 2.05) is 30.3 Å². The summed E-state index contributed by atoms with van der Waals surface area (Å²) < 4.78 is 0. The van der Waals surface area contributed by atoms with Crippen molar-refractivity contribution in [2.75, 3.05) is 13.6 Å². The van der Waals surface area contributed by atoms with Crippen molar-refractivity contribution >= 4 is 11.8 Å². The monoisotopic (exact) mass is 390 g/mol. The van der Waals surface area contributed by atoms with Gasteiger partial charge in [-0.2, -0.15) is 5.10 Å². The number of nitrogens with zero attached hydrogens (tertiary/aromatic N) is 2. The quantitative estimate of drug-likeness (QED) is 0.546. The van der Waals surface area contributed by atoms with E-state index in [0.29, 0.717) is 17.7 Å². The van der Waals surface area contributed by atoms with Crippen LogP contribution in [0.5, 0.6) is 0 Å². The number of carbonyl (C=O) groups is 2. The topological polar surface area (TPSA) is 92.1 Å². The number of nitrogens with one attached hydrogen (secondary N) is 1. The third kappa shape index (κ3) is 5.54. The Hall–Kier alpha value is -3.41. The first-order valence-electron chi connectivity index (χ1n) is 9.79. The Labute approximate surface area is 170 Å². The van der Waals surface area contributed by atoms with Crippen LogP contribution in [0.4, 0.5) is 0 Å². The maximum Gasteiger partial charge on any atom is 0.253 e. The summed E-state index contributed by atoms with van der Waals surface area (Å²) in [5.41, 5.74) is 9.39. The molecule has 0 saturated heterocycles. The summed E-state index contributed by atoms with van der Waals surface area (Å²) in [7, 11) is 1.80. The zero-order valence-corrected chi connectivity index (χ0v) is 16.6. The Balaban J connectivity index is 1.39. The summed E-state index contributed by atoms with van der Waals surface area (Å²) in [6, 6.07) is 18.7. The standard InChI is InChI=1S/C23H26N4O2/c1-27(23(29)19-13-11-18(12-14-19)22(24)28)15-7-3-6-10-20-16-21(26-25-20)17-8-4-2-5-9-17/h2,4-5,8-9,11-14,16H,3,6-7,10,15H2,1H3,(H2,24,28)(H,25,26). The van der Waals surface area contributed by atoms with Crippen molar-refractivity contribution in [2.24, 2.45) is 5.73 Å². The number of amides is 2. The summed E-state index contributed by atoms with van der Waals surface area (Å²) >= 11 is 0. The van der Waals surface area contributed by atoms with Gasteiger partial charge in [-0.25, -0.2) is 0 Å². The fourth-order valence-electron chi connectivity index (χ4n) is 3.19. The molecule has 0 radical (unpaired) electrons. The first kappa shape index (κ1) is 20.3. The molecule has 0 unspecified atom stereocenters. The molecule has 0 aliphatic carbocycles. The first-order chi connectivity index (χ1) is 14.0. The van der Waals surface area contributed by atoms with E-state index in [4.69, 9.17) is 5.73 Å². The number of hydrogen-bond acceptors (Lipinski definition) is 3. The number of aromatic amines is 1. The van der Waals surface area contributed by atoms with E-state index in [9.17, 15) is 9.59 Å². The third-order valence-electron chi connectivity index (χ3n) is 4.90. The lowest BCUT2D eigenvalue weighted by molar-refractivity contribution is 0.0792. The maximum atomic E-state index is 12.4. The molecule has 3 rings (SSSR count). The smallest absolute Gasteiger partial charge is 0.253 e. The second kappa shape index (κ2) is 9.68. The van der Waals surface area contributed by atoms with Crippen LogP contribution in [0.1, 0.15) is 45.7 Å². The molecule has 0 fully saturated rings. The van der Waals surface area contributed by atoms with E-state index in [1.165, 1.54) is 0 Å². The lowest BCUT2D eigenvalue weighted by atomic mass is 10.1. The van der Waals surface area contributed by atoms with Gasteiger partial charge in [0.1, 0.15) is 0 Å². The largest absolute Gasteiger partial charge is 0.366 e. The highest BCUT2D eigenvalue weighted by Gasteiger charge is 2.12. The summed E-state index contributed by atoms with van der Waals surface area (Å²) in [4.78, 5) is 25.3. The highest BCUT2D eigenvalue weighted by atomic mass is 16.2. The van der Waals surface area contributed by atoms with Gasteiger partial charge in [0.15, 0.2) is 0 Å². The number of rotatable bonds is 9. The number of benzene rings is 2. The lowest BCUT2D eigenvalue weighted by Crippen LogP contribution is -2.27.